The normalized spacial score (nSPS) is 17.9. The highest BCUT2D eigenvalue weighted by molar-refractivity contribution is 5.59. The largest absolute Gasteiger partial charge is 0.380 e. The highest BCUT2D eigenvalue weighted by Gasteiger charge is 2.15. The lowest BCUT2D eigenvalue weighted by atomic mass is 10.1. The SMILES string of the molecule is CN1CCN(c2cccc(NC(C)(C)C)c2)CC1. The molecule has 0 atom stereocenters. The van der Waals surface area contributed by atoms with Gasteiger partial charge in [0.15, 0.2) is 0 Å². The summed E-state index contributed by atoms with van der Waals surface area (Å²) in [6.07, 6.45) is 0. The van der Waals surface area contributed by atoms with Gasteiger partial charge in [0.1, 0.15) is 0 Å². The van der Waals surface area contributed by atoms with Gasteiger partial charge >= 0.3 is 0 Å². The topological polar surface area (TPSA) is 18.5 Å². The van der Waals surface area contributed by atoms with Gasteiger partial charge in [0.2, 0.25) is 0 Å². The van der Waals surface area contributed by atoms with Gasteiger partial charge in [-0.1, -0.05) is 6.07 Å². The summed E-state index contributed by atoms with van der Waals surface area (Å²) in [7, 11) is 2.19. The van der Waals surface area contributed by atoms with E-state index >= 15 is 0 Å². The van der Waals surface area contributed by atoms with Gasteiger partial charge in [-0.05, 0) is 46.0 Å². The van der Waals surface area contributed by atoms with E-state index in [-0.39, 0.29) is 5.54 Å². The Morgan fingerprint density at radius 2 is 1.72 bits per heavy atom. The molecular formula is C15H25N3. The van der Waals surface area contributed by atoms with Crippen LogP contribution in [-0.4, -0.2) is 43.7 Å². The van der Waals surface area contributed by atoms with Gasteiger partial charge in [0, 0.05) is 43.1 Å². The fraction of sp³-hybridized carbons (Fsp3) is 0.600. The molecule has 0 saturated carbocycles. The van der Waals surface area contributed by atoms with E-state index in [4.69, 9.17) is 0 Å². The average Bonchev–Trinajstić information content (AvgIpc) is 2.28. The molecule has 18 heavy (non-hydrogen) atoms. The molecule has 1 saturated heterocycles. The van der Waals surface area contributed by atoms with E-state index in [0.29, 0.717) is 0 Å². The zero-order valence-electron chi connectivity index (χ0n) is 12.0. The number of hydrogen-bond acceptors (Lipinski definition) is 3. The first-order chi connectivity index (χ1) is 8.44. The van der Waals surface area contributed by atoms with Gasteiger partial charge in [-0.2, -0.15) is 0 Å². The van der Waals surface area contributed by atoms with Gasteiger partial charge in [0.05, 0.1) is 0 Å². The summed E-state index contributed by atoms with van der Waals surface area (Å²) < 4.78 is 0. The molecule has 0 unspecified atom stereocenters. The average molecular weight is 247 g/mol. The number of rotatable bonds is 2. The van der Waals surface area contributed by atoms with Crippen molar-refractivity contribution in [1.29, 1.82) is 0 Å². The Morgan fingerprint density at radius 3 is 2.33 bits per heavy atom. The maximum Gasteiger partial charge on any atom is 0.0387 e. The summed E-state index contributed by atoms with van der Waals surface area (Å²) in [6, 6.07) is 8.75. The number of likely N-dealkylation sites (N-methyl/N-ethyl adjacent to an activating group) is 1. The molecule has 1 aromatic rings. The van der Waals surface area contributed by atoms with Gasteiger partial charge in [-0.3, -0.25) is 0 Å². The van der Waals surface area contributed by atoms with Crippen molar-refractivity contribution < 1.29 is 0 Å². The van der Waals surface area contributed by atoms with Crippen molar-refractivity contribution in [2.24, 2.45) is 0 Å². The van der Waals surface area contributed by atoms with Crippen molar-refractivity contribution in [1.82, 2.24) is 4.90 Å². The summed E-state index contributed by atoms with van der Waals surface area (Å²) in [6.45, 7) is 11.1. The number of nitrogens with zero attached hydrogens (tertiary/aromatic N) is 2. The molecule has 0 spiro atoms. The molecule has 0 aromatic heterocycles. The van der Waals surface area contributed by atoms with Crippen molar-refractivity contribution in [3.63, 3.8) is 0 Å². The predicted octanol–water partition coefficient (Wildman–Crippen LogP) is 2.65. The fourth-order valence-corrected chi connectivity index (χ4v) is 2.28. The summed E-state index contributed by atoms with van der Waals surface area (Å²) in [4.78, 5) is 4.85. The first kappa shape index (κ1) is 13.2. The highest BCUT2D eigenvalue weighted by Crippen LogP contribution is 2.22. The molecule has 0 aliphatic carbocycles. The smallest absolute Gasteiger partial charge is 0.0387 e. The number of benzene rings is 1. The maximum atomic E-state index is 3.53. The number of piperazine rings is 1. The second kappa shape index (κ2) is 5.19. The molecule has 1 fully saturated rings. The van der Waals surface area contributed by atoms with E-state index in [1.807, 2.05) is 0 Å². The third kappa shape index (κ3) is 3.64. The van der Waals surface area contributed by atoms with E-state index < -0.39 is 0 Å². The van der Waals surface area contributed by atoms with Crippen LogP contribution in [0.4, 0.5) is 11.4 Å². The van der Waals surface area contributed by atoms with E-state index in [1.54, 1.807) is 0 Å². The molecule has 1 heterocycles. The number of nitrogens with one attached hydrogen (secondary N) is 1. The van der Waals surface area contributed by atoms with E-state index in [0.717, 1.165) is 26.2 Å². The van der Waals surface area contributed by atoms with Crippen LogP contribution in [0.3, 0.4) is 0 Å². The van der Waals surface area contributed by atoms with Crippen molar-refractivity contribution in [2.45, 2.75) is 26.3 Å². The van der Waals surface area contributed by atoms with Crippen LogP contribution < -0.4 is 10.2 Å². The predicted molar refractivity (Wildman–Crippen MR) is 79.5 cm³/mol. The summed E-state index contributed by atoms with van der Waals surface area (Å²) in [5.41, 5.74) is 2.65. The first-order valence-corrected chi connectivity index (χ1v) is 6.76. The molecule has 0 bridgehead atoms. The van der Waals surface area contributed by atoms with Crippen LogP contribution >= 0.6 is 0 Å². The summed E-state index contributed by atoms with van der Waals surface area (Å²) in [5, 5.41) is 3.53. The molecule has 0 amide bonds. The number of anilines is 2. The van der Waals surface area contributed by atoms with Crippen molar-refractivity contribution in [3.8, 4) is 0 Å². The van der Waals surface area contributed by atoms with E-state index in [9.17, 15) is 0 Å². The molecule has 1 N–H and O–H groups in total. The Balaban J connectivity index is 2.07. The minimum atomic E-state index is 0.112. The monoisotopic (exact) mass is 247 g/mol. The molecule has 1 aliphatic rings. The quantitative estimate of drug-likeness (QED) is 0.867. The standard InChI is InChI=1S/C15H25N3/c1-15(2,3)16-13-6-5-7-14(12-13)18-10-8-17(4)9-11-18/h5-7,12,16H,8-11H2,1-4H3. The van der Waals surface area contributed by atoms with Crippen molar-refractivity contribution in [2.75, 3.05) is 43.4 Å². The zero-order chi connectivity index (χ0) is 13.2. The van der Waals surface area contributed by atoms with Crippen LogP contribution in [-0.2, 0) is 0 Å². The first-order valence-electron chi connectivity index (χ1n) is 6.76. The lowest BCUT2D eigenvalue weighted by molar-refractivity contribution is 0.313. The third-order valence-electron chi connectivity index (χ3n) is 3.23. The third-order valence-corrected chi connectivity index (χ3v) is 3.23. The Kier molecular flexibility index (Phi) is 3.81. The molecule has 3 heteroatoms. The van der Waals surface area contributed by atoms with Crippen molar-refractivity contribution in [3.05, 3.63) is 24.3 Å². The lowest BCUT2D eigenvalue weighted by Gasteiger charge is -2.34. The Labute approximate surface area is 111 Å². The second-order valence-electron chi connectivity index (χ2n) is 6.22. The Bertz CT molecular complexity index is 387. The highest BCUT2D eigenvalue weighted by atomic mass is 15.2. The van der Waals surface area contributed by atoms with Crippen LogP contribution in [0.25, 0.3) is 0 Å². The molecule has 100 valence electrons. The minimum Gasteiger partial charge on any atom is -0.380 e. The van der Waals surface area contributed by atoms with Crippen LogP contribution in [0.15, 0.2) is 24.3 Å². The van der Waals surface area contributed by atoms with Crippen LogP contribution in [0.2, 0.25) is 0 Å². The lowest BCUT2D eigenvalue weighted by Crippen LogP contribution is -2.44. The zero-order valence-corrected chi connectivity index (χ0v) is 12.0. The van der Waals surface area contributed by atoms with Crippen LogP contribution in [0.5, 0.6) is 0 Å². The van der Waals surface area contributed by atoms with Gasteiger partial charge in [0.25, 0.3) is 0 Å². The second-order valence-corrected chi connectivity index (χ2v) is 6.22. The minimum absolute atomic E-state index is 0.112. The molecule has 2 rings (SSSR count). The van der Waals surface area contributed by atoms with Crippen LogP contribution in [0.1, 0.15) is 20.8 Å². The molecular weight excluding hydrogens is 222 g/mol. The van der Waals surface area contributed by atoms with Gasteiger partial charge in [-0.25, -0.2) is 0 Å². The fourth-order valence-electron chi connectivity index (χ4n) is 2.28. The maximum absolute atomic E-state index is 3.53. The number of hydrogen-bond donors (Lipinski definition) is 1. The molecule has 1 aliphatic heterocycles. The van der Waals surface area contributed by atoms with E-state index in [2.05, 4.69) is 67.2 Å². The van der Waals surface area contributed by atoms with Gasteiger partial charge in [-0.15, -0.1) is 0 Å². The summed E-state index contributed by atoms with van der Waals surface area (Å²) in [5.74, 6) is 0. The van der Waals surface area contributed by atoms with Crippen molar-refractivity contribution >= 4 is 11.4 Å². The van der Waals surface area contributed by atoms with E-state index in [1.165, 1.54) is 11.4 Å². The van der Waals surface area contributed by atoms with Crippen LogP contribution in [0, 0.1) is 0 Å². The van der Waals surface area contributed by atoms with Gasteiger partial charge < -0.3 is 15.1 Å². The Morgan fingerprint density at radius 1 is 1.06 bits per heavy atom. The molecule has 3 nitrogen and oxygen atoms in total. The molecule has 1 aromatic carbocycles. The molecule has 0 radical (unpaired) electrons. The summed E-state index contributed by atoms with van der Waals surface area (Å²) >= 11 is 0. The Hall–Kier alpha value is -1.22.